The van der Waals surface area contributed by atoms with Crippen LogP contribution in [-0.4, -0.2) is 19.1 Å². The van der Waals surface area contributed by atoms with Crippen LogP contribution >= 0.6 is 0 Å². The fourth-order valence-corrected chi connectivity index (χ4v) is 2.95. The summed E-state index contributed by atoms with van der Waals surface area (Å²) in [6.07, 6.45) is 0.996. The number of carbonyl (C=O) groups excluding carboxylic acids is 1. The molecule has 0 atom stereocenters. The van der Waals surface area contributed by atoms with Crippen LogP contribution in [-0.2, 0) is 11.2 Å². The highest BCUT2D eigenvalue weighted by molar-refractivity contribution is 5.97. The first kappa shape index (κ1) is 12.1. The molecular weight excluding hydrogens is 266 g/mol. The number of hydrogen-bond donors (Lipinski definition) is 2. The SMILES string of the molecule is Nc1cc2c(cc1N1CCc3ccccc31)NC(=O)CO2. The minimum Gasteiger partial charge on any atom is -0.482 e. The molecule has 5 heteroatoms. The van der Waals surface area contributed by atoms with Gasteiger partial charge in [0.15, 0.2) is 6.61 Å². The number of para-hydroxylation sites is 1. The normalized spacial score (nSPS) is 16.0. The molecule has 0 radical (unpaired) electrons. The van der Waals surface area contributed by atoms with E-state index in [0.29, 0.717) is 17.1 Å². The monoisotopic (exact) mass is 281 g/mol. The number of nitrogens with zero attached hydrogens (tertiary/aromatic N) is 1. The summed E-state index contributed by atoms with van der Waals surface area (Å²) in [5, 5.41) is 2.83. The molecule has 0 aromatic heterocycles. The largest absolute Gasteiger partial charge is 0.482 e. The molecule has 106 valence electrons. The maximum atomic E-state index is 11.5. The number of nitrogens with two attached hydrogens (primary N) is 1. The number of nitrogen functional groups attached to an aromatic ring is 1. The third-order valence-corrected chi connectivity index (χ3v) is 3.94. The van der Waals surface area contributed by atoms with Crippen molar-refractivity contribution in [3.8, 4) is 5.75 Å². The van der Waals surface area contributed by atoms with Gasteiger partial charge in [0.25, 0.3) is 5.91 Å². The summed E-state index contributed by atoms with van der Waals surface area (Å²) in [7, 11) is 0. The van der Waals surface area contributed by atoms with E-state index >= 15 is 0 Å². The Morgan fingerprint density at radius 3 is 2.95 bits per heavy atom. The lowest BCUT2D eigenvalue weighted by atomic mass is 10.1. The standard InChI is InChI=1S/C16H15N3O2/c17-11-7-15-12(18-16(20)9-21-15)8-14(11)19-6-5-10-3-1-2-4-13(10)19/h1-4,7-8H,5-6,9,17H2,(H,18,20). The highest BCUT2D eigenvalue weighted by atomic mass is 16.5. The Morgan fingerprint density at radius 2 is 2.05 bits per heavy atom. The highest BCUT2D eigenvalue weighted by Gasteiger charge is 2.24. The maximum absolute atomic E-state index is 11.5. The van der Waals surface area contributed by atoms with Crippen molar-refractivity contribution in [3.05, 3.63) is 42.0 Å². The number of anilines is 4. The molecule has 0 bridgehead atoms. The van der Waals surface area contributed by atoms with E-state index in [2.05, 4.69) is 22.3 Å². The third-order valence-electron chi connectivity index (χ3n) is 3.94. The van der Waals surface area contributed by atoms with Crippen molar-refractivity contribution < 1.29 is 9.53 Å². The molecule has 2 heterocycles. The highest BCUT2D eigenvalue weighted by Crippen LogP contribution is 2.42. The summed E-state index contributed by atoms with van der Waals surface area (Å²) in [5.41, 5.74) is 10.9. The van der Waals surface area contributed by atoms with Crippen LogP contribution in [0.4, 0.5) is 22.7 Å². The third kappa shape index (κ3) is 1.89. The summed E-state index contributed by atoms with van der Waals surface area (Å²) in [6, 6.07) is 12.0. The van der Waals surface area contributed by atoms with Crippen molar-refractivity contribution >= 4 is 28.7 Å². The van der Waals surface area contributed by atoms with Gasteiger partial charge in [0, 0.05) is 18.3 Å². The maximum Gasteiger partial charge on any atom is 0.262 e. The number of benzene rings is 2. The van der Waals surface area contributed by atoms with Crippen LogP contribution in [0.5, 0.6) is 5.75 Å². The number of ether oxygens (including phenoxy) is 1. The van der Waals surface area contributed by atoms with E-state index in [9.17, 15) is 4.79 Å². The smallest absolute Gasteiger partial charge is 0.262 e. The van der Waals surface area contributed by atoms with Gasteiger partial charge in [0.05, 0.1) is 17.1 Å². The van der Waals surface area contributed by atoms with Crippen molar-refractivity contribution in [1.82, 2.24) is 0 Å². The van der Waals surface area contributed by atoms with Gasteiger partial charge in [0.2, 0.25) is 0 Å². The van der Waals surface area contributed by atoms with Crippen LogP contribution < -0.4 is 20.7 Å². The van der Waals surface area contributed by atoms with Crippen LogP contribution in [0.3, 0.4) is 0 Å². The average molecular weight is 281 g/mol. The van der Waals surface area contributed by atoms with Gasteiger partial charge >= 0.3 is 0 Å². The van der Waals surface area contributed by atoms with Gasteiger partial charge in [-0.3, -0.25) is 4.79 Å². The molecule has 1 amide bonds. The summed E-state index contributed by atoms with van der Waals surface area (Å²) in [5.74, 6) is 0.489. The summed E-state index contributed by atoms with van der Waals surface area (Å²) in [4.78, 5) is 13.6. The molecular formula is C16H15N3O2. The lowest BCUT2D eigenvalue weighted by molar-refractivity contribution is -0.118. The fourth-order valence-electron chi connectivity index (χ4n) is 2.95. The van der Waals surface area contributed by atoms with Gasteiger partial charge in [-0.05, 0) is 24.1 Å². The Bertz CT molecular complexity index is 742. The van der Waals surface area contributed by atoms with Gasteiger partial charge in [0.1, 0.15) is 5.75 Å². The molecule has 4 rings (SSSR count). The van der Waals surface area contributed by atoms with Crippen molar-refractivity contribution in [1.29, 1.82) is 0 Å². The molecule has 0 aliphatic carbocycles. The van der Waals surface area contributed by atoms with Gasteiger partial charge in [-0.25, -0.2) is 0 Å². The predicted octanol–water partition coefficient (Wildman–Crippen LogP) is 2.29. The number of amides is 1. The topological polar surface area (TPSA) is 67.6 Å². The van der Waals surface area contributed by atoms with E-state index in [4.69, 9.17) is 10.5 Å². The molecule has 2 aliphatic rings. The molecule has 2 aliphatic heterocycles. The lowest BCUT2D eigenvalue weighted by Crippen LogP contribution is -2.26. The van der Waals surface area contributed by atoms with Crippen LogP contribution in [0.2, 0.25) is 0 Å². The fraction of sp³-hybridized carbons (Fsp3) is 0.188. The van der Waals surface area contributed by atoms with E-state index in [1.807, 2.05) is 18.2 Å². The molecule has 2 aromatic carbocycles. The Kier molecular flexibility index (Phi) is 2.54. The number of nitrogens with one attached hydrogen (secondary N) is 1. The Labute approximate surface area is 122 Å². The van der Waals surface area contributed by atoms with E-state index in [-0.39, 0.29) is 12.5 Å². The zero-order valence-electron chi connectivity index (χ0n) is 11.4. The van der Waals surface area contributed by atoms with Crippen molar-refractivity contribution in [3.63, 3.8) is 0 Å². The Balaban J connectivity index is 1.80. The number of hydrogen-bond acceptors (Lipinski definition) is 4. The molecule has 0 spiro atoms. The first-order chi connectivity index (χ1) is 10.2. The molecule has 5 nitrogen and oxygen atoms in total. The van der Waals surface area contributed by atoms with Gasteiger partial charge in [-0.2, -0.15) is 0 Å². The second kappa shape index (κ2) is 4.41. The average Bonchev–Trinajstić information content (AvgIpc) is 2.91. The summed E-state index contributed by atoms with van der Waals surface area (Å²) < 4.78 is 5.39. The molecule has 2 aromatic rings. The molecule has 3 N–H and O–H groups in total. The van der Waals surface area contributed by atoms with Crippen LogP contribution in [0.25, 0.3) is 0 Å². The molecule has 0 fully saturated rings. The predicted molar refractivity (Wildman–Crippen MR) is 82.1 cm³/mol. The van der Waals surface area contributed by atoms with E-state index in [1.54, 1.807) is 6.07 Å². The van der Waals surface area contributed by atoms with Gasteiger partial charge in [-0.1, -0.05) is 18.2 Å². The number of carbonyl (C=O) groups is 1. The second-order valence-corrected chi connectivity index (χ2v) is 5.27. The number of rotatable bonds is 1. The minimum absolute atomic E-state index is 0.0400. The van der Waals surface area contributed by atoms with E-state index in [0.717, 1.165) is 18.7 Å². The first-order valence-corrected chi connectivity index (χ1v) is 6.94. The van der Waals surface area contributed by atoms with E-state index in [1.165, 1.54) is 11.3 Å². The second-order valence-electron chi connectivity index (χ2n) is 5.27. The lowest BCUT2D eigenvalue weighted by Gasteiger charge is -2.25. The van der Waals surface area contributed by atoms with Crippen molar-refractivity contribution in [2.75, 3.05) is 29.1 Å². The Morgan fingerprint density at radius 1 is 1.19 bits per heavy atom. The van der Waals surface area contributed by atoms with Gasteiger partial charge in [-0.15, -0.1) is 0 Å². The van der Waals surface area contributed by atoms with Gasteiger partial charge < -0.3 is 20.7 Å². The number of fused-ring (bicyclic) bond motifs is 2. The zero-order chi connectivity index (χ0) is 14.4. The summed E-state index contributed by atoms with van der Waals surface area (Å²) in [6.45, 7) is 0.926. The summed E-state index contributed by atoms with van der Waals surface area (Å²) >= 11 is 0. The first-order valence-electron chi connectivity index (χ1n) is 6.94. The van der Waals surface area contributed by atoms with Crippen LogP contribution in [0.1, 0.15) is 5.56 Å². The van der Waals surface area contributed by atoms with Crippen LogP contribution in [0, 0.1) is 0 Å². The van der Waals surface area contributed by atoms with Crippen molar-refractivity contribution in [2.24, 2.45) is 0 Å². The van der Waals surface area contributed by atoms with Crippen LogP contribution in [0.15, 0.2) is 36.4 Å². The van der Waals surface area contributed by atoms with E-state index < -0.39 is 0 Å². The minimum atomic E-state index is -0.139. The molecule has 0 unspecified atom stereocenters. The Hall–Kier alpha value is -2.69. The molecule has 0 saturated carbocycles. The molecule has 21 heavy (non-hydrogen) atoms. The molecule has 0 saturated heterocycles. The quantitative estimate of drug-likeness (QED) is 0.787. The zero-order valence-corrected chi connectivity index (χ0v) is 11.4. The van der Waals surface area contributed by atoms with Crippen molar-refractivity contribution in [2.45, 2.75) is 6.42 Å².